The van der Waals surface area contributed by atoms with Crippen molar-refractivity contribution in [3.8, 4) is 0 Å². The number of β-amino-alcohol motifs (C(OH)–C–C–N with tert-alkyl or cyclic N) is 1. The number of aliphatic hydroxyl groups is 1. The monoisotopic (exact) mass is 255 g/mol. The Kier molecular flexibility index (Phi) is 3.02. The van der Waals surface area contributed by atoms with E-state index in [4.69, 9.17) is 0 Å². The number of carbonyl (C=O) groups is 3. The summed E-state index contributed by atoms with van der Waals surface area (Å²) in [5.41, 5.74) is -0.956. The number of likely N-dealkylation sites (tertiary alicyclic amines) is 1. The average Bonchev–Trinajstić information content (AvgIpc) is 2.77. The largest absolute Gasteiger partial charge is 0.391 e. The van der Waals surface area contributed by atoms with E-state index in [2.05, 4.69) is 5.32 Å². The Morgan fingerprint density at radius 1 is 1.50 bits per heavy atom. The predicted octanol–water partition coefficient (Wildman–Crippen LogP) is -1.09. The molecule has 2 aliphatic heterocycles. The molecule has 7 heteroatoms. The summed E-state index contributed by atoms with van der Waals surface area (Å²) in [6, 6.07) is -0.543. The second-order valence-electron chi connectivity index (χ2n) is 5.23. The maximum atomic E-state index is 11.9. The van der Waals surface area contributed by atoms with Gasteiger partial charge in [0.05, 0.1) is 6.10 Å². The fourth-order valence-electron chi connectivity index (χ4n) is 2.17. The molecule has 4 amide bonds. The van der Waals surface area contributed by atoms with E-state index in [-0.39, 0.29) is 19.0 Å². The number of aliphatic hydroxyl groups excluding tert-OH is 1. The third-order valence-corrected chi connectivity index (χ3v) is 3.25. The number of hydrogen-bond donors (Lipinski definition) is 2. The second-order valence-corrected chi connectivity index (χ2v) is 5.23. The first kappa shape index (κ1) is 12.8. The van der Waals surface area contributed by atoms with Crippen LogP contribution in [0.15, 0.2) is 0 Å². The van der Waals surface area contributed by atoms with Crippen molar-refractivity contribution < 1.29 is 19.5 Å². The van der Waals surface area contributed by atoms with Gasteiger partial charge in [0.2, 0.25) is 5.91 Å². The first-order valence-corrected chi connectivity index (χ1v) is 5.91. The van der Waals surface area contributed by atoms with E-state index >= 15 is 0 Å². The van der Waals surface area contributed by atoms with Crippen LogP contribution in [0.3, 0.4) is 0 Å². The number of rotatable bonds is 2. The third-order valence-electron chi connectivity index (χ3n) is 3.25. The molecule has 0 spiro atoms. The van der Waals surface area contributed by atoms with E-state index in [0.29, 0.717) is 13.0 Å². The van der Waals surface area contributed by atoms with Crippen molar-refractivity contribution in [2.45, 2.75) is 31.9 Å². The topological polar surface area (TPSA) is 90.0 Å². The molecular formula is C11H17N3O4. The van der Waals surface area contributed by atoms with Gasteiger partial charge < -0.3 is 15.3 Å². The number of imide groups is 1. The highest BCUT2D eigenvalue weighted by Gasteiger charge is 2.45. The minimum atomic E-state index is -0.956. The van der Waals surface area contributed by atoms with Crippen LogP contribution in [-0.2, 0) is 9.59 Å². The molecule has 0 aliphatic carbocycles. The van der Waals surface area contributed by atoms with E-state index in [9.17, 15) is 19.5 Å². The highest BCUT2D eigenvalue weighted by atomic mass is 16.3. The minimum Gasteiger partial charge on any atom is -0.391 e. The van der Waals surface area contributed by atoms with Crippen molar-refractivity contribution >= 4 is 17.8 Å². The van der Waals surface area contributed by atoms with Gasteiger partial charge >= 0.3 is 6.03 Å². The van der Waals surface area contributed by atoms with Gasteiger partial charge in [0.15, 0.2) is 0 Å². The molecule has 2 N–H and O–H groups in total. The standard InChI is InChI=1S/C11H17N3O4/c1-11(2)9(17)14(10(18)12-11)6-8(16)13-4-3-7(15)5-13/h7,15H,3-6H2,1-2H3,(H,12,18)/t7-/m1/s1. The zero-order valence-corrected chi connectivity index (χ0v) is 10.5. The van der Waals surface area contributed by atoms with Crippen LogP contribution < -0.4 is 5.32 Å². The van der Waals surface area contributed by atoms with Gasteiger partial charge in [0.1, 0.15) is 12.1 Å². The Hall–Kier alpha value is -1.63. The first-order valence-electron chi connectivity index (χ1n) is 5.91. The van der Waals surface area contributed by atoms with Gasteiger partial charge in [-0.1, -0.05) is 0 Å². The molecule has 2 saturated heterocycles. The molecule has 100 valence electrons. The average molecular weight is 255 g/mol. The molecule has 0 bridgehead atoms. The van der Waals surface area contributed by atoms with E-state index in [0.717, 1.165) is 4.90 Å². The predicted molar refractivity (Wildman–Crippen MR) is 61.5 cm³/mol. The van der Waals surface area contributed by atoms with Crippen molar-refractivity contribution in [2.75, 3.05) is 19.6 Å². The van der Waals surface area contributed by atoms with Crippen LogP contribution in [0.25, 0.3) is 0 Å². The maximum absolute atomic E-state index is 11.9. The number of amides is 4. The quantitative estimate of drug-likeness (QED) is 0.613. The summed E-state index contributed by atoms with van der Waals surface area (Å²) < 4.78 is 0. The number of carbonyl (C=O) groups excluding carboxylic acids is 3. The van der Waals surface area contributed by atoms with Crippen LogP contribution in [0, 0.1) is 0 Å². The Labute approximate surface area is 105 Å². The summed E-state index contributed by atoms with van der Waals surface area (Å²) in [6.45, 7) is 3.66. The minimum absolute atomic E-state index is 0.263. The maximum Gasteiger partial charge on any atom is 0.325 e. The smallest absolute Gasteiger partial charge is 0.325 e. The van der Waals surface area contributed by atoms with Crippen LogP contribution in [0.5, 0.6) is 0 Å². The number of urea groups is 1. The fraction of sp³-hybridized carbons (Fsp3) is 0.727. The molecule has 2 fully saturated rings. The molecule has 18 heavy (non-hydrogen) atoms. The first-order chi connectivity index (χ1) is 8.31. The lowest BCUT2D eigenvalue weighted by Gasteiger charge is -2.20. The molecule has 0 radical (unpaired) electrons. The Bertz CT molecular complexity index is 407. The molecule has 0 aromatic rings. The van der Waals surface area contributed by atoms with E-state index in [1.807, 2.05) is 0 Å². The molecule has 2 aliphatic rings. The Morgan fingerprint density at radius 2 is 2.17 bits per heavy atom. The van der Waals surface area contributed by atoms with Crippen LogP contribution in [0.4, 0.5) is 4.79 Å². The van der Waals surface area contributed by atoms with Gasteiger partial charge in [-0.15, -0.1) is 0 Å². The van der Waals surface area contributed by atoms with E-state index in [1.54, 1.807) is 13.8 Å². The lowest BCUT2D eigenvalue weighted by molar-refractivity contribution is -0.138. The Morgan fingerprint density at radius 3 is 2.61 bits per heavy atom. The van der Waals surface area contributed by atoms with Crippen molar-refractivity contribution in [1.29, 1.82) is 0 Å². The zero-order chi connectivity index (χ0) is 13.5. The lowest BCUT2D eigenvalue weighted by Crippen LogP contribution is -2.44. The molecule has 2 heterocycles. The van der Waals surface area contributed by atoms with Gasteiger partial charge in [0.25, 0.3) is 5.91 Å². The normalized spacial score (nSPS) is 26.7. The number of nitrogens with one attached hydrogen (secondary N) is 1. The van der Waals surface area contributed by atoms with Crippen LogP contribution in [0.2, 0.25) is 0 Å². The van der Waals surface area contributed by atoms with Crippen molar-refractivity contribution in [1.82, 2.24) is 15.1 Å². The second kappa shape index (κ2) is 4.24. The molecular weight excluding hydrogens is 238 g/mol. The summed E-state index contributed by atoms with van der Waals surface area (Å²) >= 11 is 0. The molecule has 0 aromatic heterocycles. The van der Waals surface area contributed by atoms with Crippen LogP contribution in [-0.4, -0.2) is 64.0 Å². The van der Waals surface area contributed by atoms with Gasteiger partial charge in [0, 0.05) is 13.1 Å². The van der Waals surface area contributed by atoms with Gasteiger partial charge in [-0.3, -0.25) is 14.5 Å². The summed E-state index contributed by atoms with van der Waals surface area (Å²) in [5, 5.41) is 11.9. The van der Waals surface area contributed by atoms with Crippen molar-refractivity contribution in [3.05, 3.63) is 0 Å². The molecule has 2 rings (SSSR count). The highest BCUT2D eigenvalue weighted by Crippen LogP contribution is 2.17. The molecule has 7 nitrogen and oxygen atoms in total. The summed E-state index contributed by atoms with van der Waals surface area (Å²) in [5.74, 6) is -0.714. The molecule has 0 aromatic carbocycles. The van der Waals surface area contributed by atoms with Crippen LogP contribution in [0.1, 0.15) is 20.3 Å². The van der Waals surface area contributed by atoms with Crippen LogP contribution >= 0.6 is 0 Å². The highest BCUT2D eigenvalue weighted by molar-refractivity contribution is 6.08. The third kappa shape index (κ3) is 2.17. The lowest BCUT2D eigenvalue weighted by atomic mass is 10.1. The molecule has 0 saturated carbocycles. The van der Waals surface area contributed by atoms with Gasteiger partial charge in [-0.25, -0.2) is 4.79 Å². The van der Waals surface area contributed by atoms with Crippen molar-refractivity contribution in [3.63, 3.8) is 0 Å². The summed E-state index contributed by atoms with van der Waals surface area (Å²) in [7, 11) is 0. The summed E-state index contributed by atoms with van der Waals surface area (Å²) in [6.07, 6.45) is 0.0330. The summed E-state index contributed by atoms with van der Waals surface area (Å²) in [4.78, 5) is 37.7. The van der Waals surface area contributed by atoms with E-state index < -0.39 is 23.6 Å². The number of hydrogen-bond acceptors (Lipinski definition) is 4. The van der Waals surface area contributed by atoms with Crippen molar-refractivity contribution in [2.24, 2.45) is 0 Å². The van der Waals surface area contributed by atoms with E-state index in [1.165, 1.54) is 4.90 Å². The fourth-order valence-corrected chi connectivity index (χ4v) is 2.17. The van der Waals surface area contributed by atoms with Gasteiger partial charge in [-0.2, -0.15) is 0 Å². The SMILES string of the molecule is CC1(C)NC(=O)N(CC(=O)N2CC[C@@H](O)C2)C1=O. The Balaban J connectivity index is 2.00. The molecule has 0 unspecified atom stereocenters. The number of nitrogens with zero attached hydrogens (tertiary/aromatic N) is 2. The zero-order valence-electron chi connectivity index (χ0n) is 10.5. The molecule has 1 atom stereocenters. The van der Waals surface area contributed by atoms with Gasteiger partial charge in [-0.05, 0) is 20.3 Å².